The van der Waals surface area contributed by atoms with Gasteiger partial charge in [0, 0.05) is 17.2 Å². The molecule has 0 spiro atoms. The Balaban J connectivity index is 1.73. The molecule has 126 valence electrons. The van der Waals surface area contributed by atoms with Crippen molar-refractivity contribution >= 4 is 5.69 Å². The summed E-state index contributed by atoms with van der Waals surface area (Å²) in [6.45, 7) is 0. The van der Waals surface area contributed by atoms with E-state index in [0.717, 1.165) is 28.2 Å². The van der Waals surface area contributed by atoms with E-state index < -0.39 is 0 Å². The number of hydrogen-bond donors (Lipinski definition) is 1. The van der Waals surface area contributed by atoms with Crippen molar-refractivity contribution in [2.75, 3.05) is 5.32 Å². The molecule has 1 heterocycles. The van der Waals surface area contributed by atoms with Gasteiger partial charge in [-0.05, 0) is 18.9 Å². The van der Waals surface area contributed by atoms with Crippen molar-refractivity contribution in [3.8, 4) is 22.5 Å². The first kappa shape index (κ1) is 15.8. The molecule has 1 aliphatic rings. The van der Waals surface area contributed by atoms with Crippen LogP contribution in [0.15, 0.2) is 66.7 Å². The molecule has 3 nitrogen and oxygen atoms in total. The summed E-state index contributed by atoms with van der Waals surface area (Å²) in [5, 5.41) is 12.8. The molecule has 1 fully saturated rings. The standard InChI is InChI=1S/C22H23N3/c1-4-10-17(11-5-1)20-16-21(23-19-14-8-3-9-15-19)22(25-24-20)18-12-6-2-7-13-18/h1-2,4-7,10-13,16,19H,3,8-9,14-15H2,(H,23,24). The van der Waals surface area contributed by atoms with E-state index in [1.54, 1.807) is 0 Å². The summed E-state index contributed by atoms with van der Waals surface area (Å²) in [6, 6.07) is 23.3. The summed E-state index contributed by atoms with van der Waals surface area (Å²) < 4.78 is 0. The van der Waals surface area contributed by atoms with E-state index >= 15 is 0 Å². The second-order valence-electron chi connectivity index (χ2n) is 6.70. The fourth-order valence-electron chi connectivity index (χ4n) is 3.53. The molecule has 0 bridgehead atoms. The van der Waals surface area contributed by atoms with Gasteiger partial charge in [0.15, 0.2) is 0 Å². The number of nitrogens with one attached hydrogen (secondary N) is 1. The van der Waals surface area contributed by atoms with Crippen molar-refractivity contribution in [3.63, 3.8) is 0 Å². The monoisotopic (exact) mass is 329 g/mol. The maximum absolute atomic E-state index is 4.58. The Morgan fingerprint density at radius 1 is 0.720 bits per heavy atom. The second-order valence-corrected chi connectivity index (χ2v) is 6.70. The van der Waals surface area contributed by atoms with E-state index in [0.29, 0.717) is 6.04 Å². The van der Waals surface area contributed by atoms with Gasteiger partial charge in [-0.1, -0.05) is 79.9 Å². The third-order valence-corrected chi connectivity index (χ3v) is 4.88. The zero-order valence-corrected chi connectivity index (χ0v) is 14.4. The van der Waals surface area contributed by atoms with Crippen LogP contribution >= 0.6 is 0 Å². The molecule has 0 atom stereocenters. The van der Waals surface area contributed by atoms with E-state index in [2.05, 4.69) is 45.8 Å². The largest absolute Gasteiger partial charge is 0.380 e. The average Bonchev–Trinajstić information content (AvgIpc) is 2.70. The van der Waals surface area contributed by atoms with Crippen molar-refractivity contribution in [2.45, 2.75) is 38.1 Å². The number of benzene rings is 2. The molecule has 3 heteroatoms. The summed E-state index contributed by atoms with van der Waals surface area (Å²) in [5.74, 6) is 0. The molecule has 4 rings (SSSR count). The van der Waals surface area contributed by atoms with Gasteiger partial charge >= 0.3 is 0 Å². The van der Waals surface area contributed by atoms with Gasteiger partial charge in [-0.15, -0.1) is 10.2 Å². The SMILES string of the molecule is c1ccc(-c2cc(NC3CCCCC3)c(-c3ccccc3)nn2)cc1. The molecular weight excluding hydrogens is 306 g/mol. The smallest absolute Gasteiger partial charge is 0.116 e. The van der Waals surface area contributed by atoms with Crippen LogP contribution in [0.5, 0.6) is 0 Å². The molecule has 1 N–H and O–H groups in total. The van der Waals surface area contributed by atoms with Crippen molar-refractivity contribution in [2.24, 2.45) is 0 Å². The van der Waals surface area contributed by atoms with Crippen molar-refractivity contribution in [3.05, 3.63) is 66.7 Å². The van der Waals surface area contributed by atoms with Crippen LogP contribution in [0.4, 0.5) is 5.69 Å². The molecule has 0 radical (unpaired) electrons. The molecule has 0 unspecified atom stereocenters. The Hall–Kier alpha value is -2.68. The Bertz CT molecular complexity index is 809. The molecule has 0 amide bonds. The van der Waals surface area contributed by atoms with Gasteiger partial charge < -0.3 is 5.32 Å². The molecule has 3 aromatic rings. The van der Waals surface area contributed by atoms with Crippen LogP contribution < -0.4 is 5.32 Å². The van der Waals surface area contributed by atoms with Gasteiger partial charge in [0.1, 0.15) is 5.69 Å². The predicted molar refractivity (Wildman–Crippen MR) is 103 cm³/mol. The topological polar surface area (TPSA) is 37.8 Å². The second kappa shape index (κ2) is 7.47. The van der Waals surface area contributed by atoms with E-state index in [9.17, 15) is 0 Å². The zero-order valence-electron chi connectivity index (χ0n) is 14.4. The van der Waals surface area contributed by atoms with Gasteiger partial charge in [-0.25, -0.2) is 0 Å². The first-order valence-electron chi connectivity index (χ1n) is 9.15. The molecule has 1 aliphatic carbocycles. The van der Waals surface area contributed by atoms with E-state index in [-0.39, 0.29) is 0 Å². The van der Waals surface area contributed by atoms with Crippen molar-refractivity contribution < 1.29 is 0 Å². The molecule has 2 aromatic carbocycles. The van der Waals surface area contributed by atoms with E-state index in [4.69, 9.17) is 0 Å². The van der Waals surface area contributed by atoms with Gasteiger partial charge in [0.2, 0.25) is 0 Å². The van der Waals surface area contributed by atoms with Gasteiger partial charge in [-0.3, -0.25) is 0 Å². The summed E-state index contributed by atoms with van der Waals surface area (Å²) in [5.41, 5.74) is 5.14. The Morgan fingerprint density at radius 3 is 2.04 bits per heavy atom. The van der Waals surface area contributed by atoms with Crippen LogP contribution in [-0.4, -0.2) is 16.2 Å². The average molecular weight is 329 g/mol. The van der Waals surface area contributed by atoms with Crippen LogP contribution in [0.3, 0.4) is 0 Å². The molecule has 25 heavy (non-hydrogen) atoms. The highest BCUT2D eigenvalue weighted by atomic mass is 15.1. The lowest BCUT2D eigenvalue weighted by molar-refractivity contribution is 0.462. The number of nitrogens with zero attached hydrogens (tertiary/aromatic N) is 2. The Morgan fingerprint density at radius 2 is 1.36 bits per heavy atom. The number of anilines is 1. The van der Waals surface area contributed by atoms with Crippen LogP contribution in [0.1, 0.15) is 32.1 Å². The van der Waals surface area contributed by atoms with Crippen LogP contribution in [-0.2, 0) is 0 Å². The first-order chi connectivity index (χ1) is 12.4. The normalized spacial score (nSPS) is 15.0. The lowest BCUT2D eigenvalue weighted by atomic mass is 9.95. The number of rotatable bonds is 4. The van der Waals surface area contributed by atoms with Crippen molar-refractivity contribution in [1.82, 2.24) is 10.2 Å². The molecule has 0 aliphatic heterocycles. The van der Waals surface area contributed by atoms with Crippen LogP contribution in [0, 0.1) is 0 Å². The van der Waals surface area contributed by atoms with Crippen LogP contribution in [0.25, 0.3) is 22.5 Å². The minimum Gasteiger partial charge on any atom is -0.380 e. The highest BCUT2D eigenvalue weighted by molar-refractivity contribution is 5.77. The fourth-order valence-corrected chi connectivity index (χ4v) is 3.53. The fraction of sp³-hybridized carbons (Fsp3) is 0.273. The zero-order chi connectivity index (χ0) is 16.9. The quantitative estimate of drug-likeness (QED) is 0.681. The Kier molecular flexibility index (Phi) is 4.73. The highest BCUT2D eigenvalue weighted by Gasteiger charge is 2.17. The summed E-state index contributed by atoms with van der Waals surface area (Å²) >= 11 is 0. The van der Waals surface area contributed by atoms with E-state index in [1.807, 2.05) is 36.4 Å². The lowest BCUT2D eigenvalue weighted by Gasteiger charge is -2.25. The summed E-state index contributed by atoms with van der Waals surface area (Å²) in [7, 11) is 0. The third-order valence-electron chi connectivity index (χ3n) is 4.88. The maximum Gasteiger partial charge on any atom is 0.116 e. The molecule has 1 aromatic heterocycles. The molecular formula is C22H23N3. The van der Waals surface area contributed by atoms with Gasteiger partial charge in [0.05, 0.1) is 11.4 Å². The number of hydrogen-bond acceptors (Lipinski definition) is 3. The third kappa shape index (κ3) is 3.71. The Labute approximate surface area is 149 Å². The first-order valence-corrected chi connectivity index (χ1v) is 9.15. The van der Waals surface area contributed by atoms with E-state index in [1.165, 1.54) is 32.1 Å². The van der Waals surface area contributed by atoms with Gasteiger partial charge in [-0.2, -0.15) is 0 Å². The maximum atomic E-state index is 4.58. The molecule has 0 saturated heterocycles. The van der Waals surface area contributed by atoms with Gasteiger partial charge in [0.25, 0.3) is 0 Å². The van der Waals surface area contributed by atoms with Crippen molar-refractivity contribution in [1.29, 1.82) is 0 Å². The highest BCUT2D eigenvalue weighted by Crippen LogP contribution is 2.31. The predicted octanol–water partition coefficient (Wildman–Crippen LogP) is 5.56. The van der Waals surface area contributed by atoms with Crippen LogP contribution in [0.2, 0.25) is 0 Å². The molecule has 1 saturated carbocycles. The lowest BCUT2D eigenvalue weighted by Crippen LogP contribution is -2.23. The number of aromatic nitrogens is 2. The minimum atomic E-state index is 0.532. The minimum absolute atomic E-state index is 0.532. The summed E-state index contributed by atoms with van der Waals surface area (Å²) in [4.78, 5) is 0. The summed E-state index contributed by atoms with van der Waals surface area (Å²) in [6.07, 6.45) is 6.44.